The fraction of sp³-hybridized carbons (Fsp3) is 0.929. The third-order valence-electron chi connectivity index (χ3n) is 3.59. The van der Waals surface area contributed by atoms with Crippen LogP contribution in [0.3, 0.4) is 0 Å². The standard InChI is InChI=1S/C14H25F3N2O/c1-8(2)6-11-18-12(9(3)4)13(20)19(11)10(5)7-14(15,16)17/h8-12,18H,6-7H2,1-5H3. The summed E-state index contributed by atoms with van der Waals surface area (Å²) in [5.41, 5.74) is 0. The average molecular weight is 294 g/mol. The predicted molar refractivity (Wildman–Crippen MR) is 72.0 cm³/mol. The Bertz CT molecular complexity index is 342. The number of halogens is 3. The molecule has 0 aliphatic carbocycles. The summed E-state index contributed by atoms with van der Waals surface area (Å²) in [7, 11) is 0. The van der Waals surface area contributed by atoms with Crippen molar-refractivity contribution in [2.75, 3.05) is 0 Å². The highest BCUT2D eigenvalue weighted by Crippen LogP contribution is 2.29. The van der Waals surface area contributed by atoms with Crippen LogP contribution in [0, 0.1) is 11.8 Å². The number of rotatable bonds is 5. The second-order valence-corrected chi connectivity index (χ2v) is 6.45. The molecule has 0 spiro atoms. The quantitative estimate of drug-likeness (QED) is 0.845. The Kier molecular flexibility index (Phi) is 5.46. The van der Waals surface area contributed by atoms with Gasteiger partial charge in [-0.25, -0.2) is 0 Å². The van der Waals surface area contributed by atoms with Gasteiger partial charge in [-0.15, -0.1) is 0 Å². The molecule has 3 nitrogen and oxygen atoms in total. The average Bonchev–Trinajstić information content (AvgIpc) is 2.51. The lowest BCUT2D eigenvalue weighted by atomic mass is 10.0. The second-order valence-electron chi connectivity index (χ2n) is 6.45. The van der Waals surface area contributed by atoms with Crippen molar-refractivity contribution < 1.29 is 18.0 Å². The molecule has 3 atom stereocenters. The van der Waals surface area contributed by atoms with Gasteiger partial charge in [-0.3, -0.25) is 10.1 Å². The van der Waals surface area contributed by atoms with Gasteiger partial charge in [0.2, 0.25) is 5.91 Å². The monoisotopic (exact) mass is 294 g/mol. The van der Waals surface area contributed by atoms with E-state index in [2.05, 4.69) is 5.32 Å². The smallest absolute Gasteiger partial charge is 0.323 e. The van der Waals surface area contributed by atoms with Crippen molar-refractivity contribution in [3.8, 4) is 0 Å². The van der Waals surface area contributed by atoms with Crippen LogP contribution >= 0.6 is 0 Å². The molecule has 3 unspecified atom stereocenters. The fourth-order valence-corrected chi connectivity index (χ4v) is 2.74. The van der Waals surface area contributed by atoms with Gasteiger partial charge in [0.05, 0.1) is 18.6 Å². The molecule has 1 aliphatic rings. The summed E-state index contributed by atoms with van der Waals surface area (Å²) in [5, 5.41) is 3.20. The van der Waals surface area contributed by atoms with Gasteiger partial charge in [-0.05, 0) is 25.2 Å². The Hall–Kier alpha value is -0.780. The van der Waals surface area contributed by atoms with E-state index in [1.807, 2.05) is 27.7 Å². The zero-order valence-electron chi connectivity index (χ0n) is 12.8. The van der Waals surface area contributed by atoms with Crippen molar-refractivity contribution in [2.45, 2.75) is 71.9 Å². The number of hydrogen-bond acceptors (Lipinski definition) is 2. The topological polar surface area (TPSA) is 32.3 Å². The third-order valence-corrected chi connectivity index (χ3v) is 3.59. The Labute approximate surface area is 118 Å². The molecule has 0 bridgehead atoms. The number of alkyl halides is 3. The van der Waals surface area contributed by atoms with Gasteiger partial charge in [0, 0.05) is 6.04 Å². The van der Waals surface area contributed by atoms with Crippen LogP contribution < -0.4 is 5.32 Å². The van der Waals surface area contributed by atoms with E-state index in [1.54, 1.807) is 0 Å². The van der Waals surface area contributed by atoms with E-state index in [0.29, 0.717) is 12.3 Å². The van der Waals surface area contributed by atoms with Gasteiger partial charge in [-0.1, -0.05) is 27.7 Å². The SMILES string of the molecule is CC(C)CC1NC(C(C)C)C(=O)N1C(C)CC(F)(F)F. The van der Waals surface area contributed by atoms with E-state index in [1.165, 1.54) is 11.8 Å². The first-order valence-corrected chi connectivity index (χ1v) is 7.18. The lowest BCUT2D eigenvalue weighted by molar-refractivity contribution is -0.153. The van der Waals surface area contributed by atoms with E-state index in [4.69, 9.17) is 0 Å². The van der Waals surface area contributed by atoms with Crippen molar-refractivity contribution in [3.05, 3.63) is 0 Å². The van der Waals surface area contributed by atoms with Gasteiger partial charge in [0.15, 0.2) is 0 Å². The Morgan fingerprint density at radius 1 is 1.20 bits per heavy atom. The molecule has 0 radical (unpaired) electrons. The van der Waals surface area contributed by atoms with Gasteiger partial charge in [0.25, 0.3) is 0 Å². The predicted octanol–water partition coefficient (Wildman–Crippen LogP) is 3.16. The van der Waals surface area contributed by atoms with E-state index >= 15 is 0 Å². The number of nitrogens with one attached hydrogen (secondary N) is 1. The maximum Gasteiger partial charge on any atom is 0.391 e. The lowest BCUT2D eigenvalue weighted by Gasteiger charge is -2.31. The summed E-state index contributed by atoms with van der Waals surface area (Å²) in [5.74, 6) is 0.175. The minimum Gasteiger partial charge on any atom is -0.323 e. The highest BCUT2D eigenvalue weighted by atomic mass is 19.4. The molecular weight excluding hydrogens is 269 g/mol. The minimum atomic E-state index is -4.25. The maximum absolute atomic E-state index is 12.6. The van der Waals surface area contributed by atoms with Crippen molar-refractivity contribution in [1.82, 2.24) is 10.2 Å². The molecule has 20 heavy (non-hydrogen) atoms. The van der Waals surface area contributed by atoms with Crippen molar-refractivity contribution >= 4 is 5.91 Å². The van der Waals surface area contributed by atoms with Gasteiger partial charge in [-0.2, -0.15) is 13.2 Å². The number of amides is 1. The summed E-state index contributed by atoms with van der Waals surface area (Å²) >= 11 is 0. The third kappa shape index (κ3) is 4.36. The van der Waals surface area contributed by atoms with Crippen LogP contribution in [0.15, 0.2) is 0 Å². The molecule has 0 aromatic heterocycles. The molecule has 0 aromatic rings. The number of hydrogen-bond donors (Lipinski definition) is 1. The normalized spacial score (nSPS) is 25.9. The van der Waals surface area contributed by atoms with Crippen LogP contribution in [-0.4, -0.2) is 35.2 Å². The molecule has 1 rings (SSSR count). The van der Waals surface area contributed by atoms with Crippen LogP contribution in [0.1, 0.15) is 47.5 Å². The fourth-order valence-electron chi connectivity index (χ4n) is 2.74. The zero-order chi connectivity index (χ0) is 15.7. The molecule has 1 N–H and O–H groups in total. The van der Waals surface area contributed by atoms with Crippen LogP contribution in [-0.2, 0) is 4.79 Å². The van der Waals surface area contributed by atoms with E-state index in [0.717, 1.165) is 0 Å². The molecule has 118 valence electrons. The van der Waals surface area contributed by atoms with Gasteiger partial charge < -0.3 is 4.90 Å². The molecule has 1 aliphatic heterocycles. The minimum absolute atomic E-state index is 0.0697. The van der Waals surface area contributed by atoms with Crippen LogP contribution in [0.5, 0.6) is 0 Å². The van der Waals surface area contributed by atoms with Crippen molar-refractivity contribution in [1.29, 1.82) is 0 Å². The Morgan fingerprint density at radius 2 is 1.75 bits per heavy atom. The molecule has 6 heteroatoms. The lowest BCUT2D eigenvalue weighted by Crippen LogP contribution is -2.45. The first-order chi connectivity index (χ1) is 9.03. The van der Waals surface area contributed by atoms with Gasteiger partial charge in [0.1, 0.15) is 0 Å². The second kappa shape index (κ2) is 6.33. The number of carbonyl (C=O) groups excluding carboxylic acids is 1. The van der Waals surface area contributed by atoms with E-state index in [9.17, 15) is 18.0 Å². The first kappa shape index (κ1) is 17.3. The van der Waals surface area contributed by atoms with Crippen molar-refractivity contribution in [2.24, 2.45) is 11.8 Å². The first-order valence-electron chi connectivity index (χ1n) is 7.18. The number of carbonyl (C=O) groups is 1. The van der Waals surface area contributed by atoms with E-state index in [-0.39, 0.29) is 24.0 Å². The maximum atomic E-state index is 12.6. The molecule has 0 aromatic carbocycles. The summed E-state index contributed by atoms with van der Waals surface area (Å²) in [6.07, 6.45) is -4.85. The zero-order valence-corrected chi connectivity index (χ0v) is 12.8. The summed E-state index contributed by atoms with van der Waals surface area (Å²) < 4.78 is 37.7. The van der Waals surface area contributed by atoms with Crippen LogP contribution in [0.25, 0.3) is 0 Å². The summed E-state index contributed by atoms with van der Waals surface area (Å²) in [4.78, 5) is 13.8. The van der Waals surface area contributed by atoms with Gasteiger partial charge >= 0.3 is 6.18 Å². The van der Waals surface area contributed by atoms with Crippen LogP contribution in [0.2, 0.25) is 0 Å². The summed E-state index contributed by atoms with van der Waals surface area (Å²) in [6.45, 7) is 9.28. The Balaban J connectivity index is 2.89. The molecule has 1 fully saturated rings. The molecule has 1 amide bonds. The molecule has 1 heterocycles. The molecule has 1 saturated heterocycles. The number of nitrogens with zero attached hydrogens (tertiary/aromatic N) is 1. The van der Waals surface area contributed by atoms with E-state index < -0.39 is 18.6 Å². The highest BCUT2D eigenvalue weighted by molar-refractivity contribution is 5.84. The highest BCUT2D eigenvalue weighted by Gasteiger charge is 2.45. The van der Waals surface area contributed by atoms with Crippen LogP contribution in [0.4, 0.5) is 13.2 Å². The Morgan fingerprint density at radius 3 is 2.15 bits per heavy atom. The molecular formula is C14H25F3N2O. The largest absolute Gasteiger partial charge is 0.391 e. The molecule has 0 saturated carbocycles. The summed E-state index contributed by atoms with van der Waals surface area (Å²) in [6, 6.07) is -1.21. The van der Waals surface area contributed by atoms with Crippen molar-refractivity contribution in [3.63, 3.8) is 0 Å².